The van der Waals surface area contributed by atoms with Gasteiger partial charge in [-0.15, -0.1) is 45.3 Å². The van der Waals surface area contributed by atoms with Gasteiger partial charge in [-0.2, -0.15) is 0 Å². The first kappa shape index (κ1) is 74.7. The van der Waals surface area contributed by atoms with Crippen LogP contribution in [0.3, 0.4) is 0 Å². The SMILES string of the molecule is CCN[C@H]1C[C@H](C)S(=O)(=O)c2sc(S(=O)(=O)NCCOCC(COCCNS(=O)(=O)c3cc4c(s3)S(=O)(=O)[C@@H](C)C[C@@H]4NCC)(COCCNS(=O)(=O)c3cc4c(s3)S(=O)(=O)[C@@H](C)C[C@@H]4NCC)COCCNS(=O)(=O)c3cc4c(s3)S(=O)(=O)[C@@H](C)C[C@@H]4C)cc21. The van der Waals surface area contributed by atoms with E-state index in [-0.39, 0.29) is 138 Å². The number of nitrogens with one attached hydrogen (secondary N) is 7. The highest BCUT2D eigenvalue weighted by molar-refractivity contribution is 7.97. The molecule has 0 saturated carbocycles. The third-order valence-corrected chi connectivity index (χ3v) is 39.5. The molecule has 0 aromatic carbocycles. The van der Waals surface area contributed by atoms with Crippen LogP contribution in [0.1, 0.15) is 127 Å². The van der Waals surface area contributed by atoms with E-state index in [4.69, 9.17) is 18.9 Å². The summed E-state index contributed by atoms with van der Waals surface area (Å²) < 4.78 is 250. The topological polar surface area (TPSA) is 394 Å². The fourth-order valence-corrected chi connectivity index (χ4v) is 31.6. The fourth-order valence-electron chi connectivity index (χ4n) is 11.2. The van der Waals surface area contributed by atoms with E-state index in [9.17, 15) is 67.3 Å². The molecular formula is C52H81N7O20S12. The molecule has 4 aliphatic heterocycles. The Kier molecular flexibility index (Phi) is 24.3. The lowest BCUT2D eigenvalue weighted by Gasteiger charge is -2.33. The highest BCUT2D eigenvalue weighted by Gasteiger charge is 2.44. The van der Waals surface area contributed by atoms with Crippen LogP contribution in [0.2, 0.25) is 0 Å². The maximum Gasteiger partial charge on any atom is 0.250 e. The van der Waals surface area contributed by atoms with Crippen molar-refractivity contribution in [2.75, 3.05) is 98.7 Å². The molecule has 0 bridgehead atoms. The molecule has 27 nitrogen and oxygen atoms in total. The third-order valence-electron chi connectivity index (χ3n) is 16.2. The normalized spacial score (nSPS) is 24.5. The molecule has 4 aliphatic rings. The van der Waals surface area contributed by atoms with Crippen LogP contribution in [-0.4, -0.2) is 187 Å². The Hall–Kier alpha value is -2.04. The van der Waals surface area contributed by atoms with Crippen LogP contribution in [0.4, 0.5) is 0 Å². The van der Waals surface area contributed by atoms with E-state index in [0.717, 1.165) is 0 Å². The predicted molar refractivity (Wildman–Crippen MR) is 346 cm³/mol. The smallest absolute Gasteiger partial charge is 0.250 e. The number of ether oxygens (including phenoxy) is 4. The molecule has 8 heterocycles. The lowest BCUT2D eigenvalue weighted by molar-refractivity contribution is -0.104. The van der Waals surface area contributed by atoms with Gasteiger partial charge in [-0.1, -0.05) is 27.7 Å². The van der Waals surface area contributed by atoms with Gasteiger partial charge in [0.25, 0.3) is 0 Å². The summed E-state index contributed by atoms with van der Waals surface area (Å²) in [5.41, 5.74) is 0.0270. The zero-order valence-corrected chi connectivity index (χ0v) is 61.2. The lowest BCUT2D eigenvalue weighted by atomic mass is 9.92. The summed E-state index contributed by atoms with van der Waals surface area (Å²) in [5.74, 6) is -0.217. The summed E-state index contributed by atoms with van der Waals surface area (Å²) in [7, 11) is -32.4. The molecule has 516 valence electrons. The lowest BCUT2D eigenvalue weighted by Crippen LogP contribution is -2.44. The molecule has 39 heteroatoms. The van der Waals surface area contributed by atoms with Crippen molar-refractivity contribution in [3.8, 4) is 0 Å². The molecule has 4 aromatic rings. The van der Waals surface area contributed by atoms with Crippen molar-refractivity contribution in [2.24, 2.45) is 5.41 Å². The molecule has 8 rings (SSSR count). The van der Waals surface area contributed by atoms with Gasteiger partial charge in [0.2, 0.25) is 40.1 Å². The first-order valence-electron chi connectivity index (χ1n) is 29.5. The van der Waals surface area contributed by atoms with Gasteiger partial charge < -0.3 is 34.9 Å². The second-order valence-electron chi connectivity index (χ2n) is 23.1. The van der Waals surface area contributed by atoms with Crippen LogP contribution in [-0.2, 0) is 98.4 Å². The van der Waals surface area contributed by atoms with Crippen LogP contribution in [0.15, 0.2) is 57.9 Å². The van der Waals surface area contributed by atoms with E-state index >= 15 is 0 Å². The summed E-state index contributed by atoms with van der Waals surface area (Å²) in [6.45, 7) is 11.1. The Morgan fingerprint density at radius 1 is 0.396 bits per heavy atom. The van der Waals surface area contributed by atoms with Gasteiger partial charge in [0.1, 0.15) is 33.7 Å². The Morgan fingerprint density at radius 3 is 0.879 bits per heavy atom. The second-order valence-corrected chi connectivity index (χ2v) is 45.6. The Labute approximate surface area is 551 Å². The molecule has 0 fully saturated rings. The molecule has 4 aromatic heterocycles. The average Bonchev–Trinajstić information content (AvgIpc) is 1.68. The number of sulfone groups is 4. The van der Waals surface area contributed by atoms with Gasteiger partial charge in [-0.05, 0) is 109 Å². The Balaban J connectivity index is 1.00. The van der Waals surface area contributed by atoms with Crippen LogP contribution < -0.4 is 34.8 Å². The van der Waals surface area contributed by atoms with E-state index in [1.54, 1.807) is 27.7 Å². The van der Waals surface area contributed by atoms with E-state index in [1.165, 1.54) is 24.3 Å². The number of hydrogen-bond acceptors (Lipinski definition) is 27. The first-order chi connectivity index (χ1) is 42.5. The van der Waals surface area contributed by atoms with Gasteiger partial charge in [-0.3, -0.25) is 0 Å². The molecule has 0 saturated heterocycles. The summed E-state index contributed by atoms with van der Waals surface area (Å²) in [5, 5.41) is 6.69. The summed E-state index contributed by atoms with van der Waals surface area (Å²) in [6.07, 6.45) is 1.05. The third kappa shape index (κ3) is 16.4. The molecule has 0 aliphatic carbocycles. The molecule has 8 atom stereocenters. The maximum absolute atomic E-state index is 13.8. The van der Waals surface area contributed by atoms with Crippen LogP contribution in [0.25, 0.3) is 0 Å². The minimum atomic E-state index is -4.32. The van der Waals surface area contributed by atoms with Crippen molar-refractivity contribution in [3.05, 3.63) is 46.5 Å². The van der Waals surface area contributed by atoms with Gasteiger partial charge in [-0.25, -0.2) is 86.2 Å². The van der Waals surface area contributed by atoms with Gasteiger partial charge in [0.15, 0.2) is 39.3 Å². The van der Waals surface area contributed by atoms with Crippen molar-refractivity contribution >= 4 is 125 Å². The number of rotatable bonds is 34. The molecule has 0 radical (unpaired) electrons. The summed E-state index contributed by atoms with van der Waals surface area (Å²) in [4.78, 5) is 0. The average molecular weight is 1510 g/mol. The van der Waals surface area contributed by atoms with E-state index < -0.39 is 124 Å². The molecular weight excluding hydrogens is 1430 g/mol. The zero-order valence-electron chi connectivity index (χ0n) is 51.4. The molecule has 7 N–H and O–H groups in total. The standard InChI is InChI=1S/C52H81N7O20S12/c1-9-53-41-21-34(6)85(62,63)49-38(41)25-45(81-49)89(70,71)57-13-17-77-29-52(28-76-16-12-56-88(68,69)44-24-37-32(4)20-33(5)84(60,61)48(37)80-44,30-78-18-14-58-90(72,73)46-26-39-42(54-10-2)22-35(7)86(64,65)50(39)82-46)31-79-19-15-59-91(74,75)47-27-40-43(55-11-3)23-36(8)87(66,67)51(40)83-47/h24-27,32-36,41-43,53-59H,9-23,28-31H2,1-8H3/t32-,33-,34-,35-,36-,41-,42-,43-/m0/s1. The van der Waals surface area contributed by atoms with Gasteiger partial charge >= 0.3 is 0 Å². The van der Waals surface area contributed by atoms with Gasteiger partial charge in [0.05, 0.1) is 79.3 Å². The quantitative estimate of drug-likeness (QED) is 0.0329. The van der Waals surface area contributed by atoms with Crippen molar-refractivity contribution in [1.29, 1.82) is 0 Å². The Morgan fingerprint density at radius 2 is 0.626 bits per heavy atom. The number of thiophene rings is 4. The number of fused-ring (bicyclic) bond motifs is 4. The van der Waals surface area contributed by atoms with Crippen molar-refractivity contribution in [2.45, 2.75) is 160 Å². The minimum absolute atomic E-state index is 0.0103. The molecule has 0 spiro atoms. The van der Waals surface area contributed by atoms with Crippen molar-refractivity contribution < 1.29 is 86.3 Å². The fraction of sp³-hybridized carbons (Fsp3) is 0.692. The largest absolute Gasteiger partial charge is 0.379 e. The second kappa shape index (κ2) is 29.6. The van der Waals surface area contributed by atoms with Crippen LogP contribution in [0, 0.1) is 5.41 Å². The molecule has 91 heavy (non-hydrogen) atoms. The maximum atomic E-state index is 13.8. The van der Waals surface area contributed by atoms with E-state index in [2.05, 4.69) is 34.8 Å². The van der Waals surface area contributed by atoms with Crippen LogP contribution >= 0.6 is 45.3 Å². The van der Waals surface area contributed by atoms with E-state index in [1.807, 2.05) is 27.7 Å². The van der Waals surface area contributed by atoms with Crippen LogP contribution in [0.5, 0.6) is 0 Å². The Bertz CT molecular complexity index is 3880. The minimum Gasteiger partial charge on any atom is -0.379 e. The molecule has 0 unspecified atom stereocenters. The highest BCUT2D eigenvalue weighted by Crippen LogP contribution is 2.47. The van der Waals surface area contributed by atoms with Crippen molar-refractivity contribution in [1.82, 2.24) is 34.8 Å². The van der Waals surface area contributed by atoms with E-state index in [0.29, 0.717) is 93.7 Å². The summed E-state index contributed by atoms with van der Waals surface area (Å²) >= 11 is 2.57. The number of sulfonamides is 4. The predicted octanol–water partition coefficient (Wildman–Crippen LogP) is 3.52. The molecule has 0 amide bonds. The van der Waals surface area contributed by atoms with Crippen molar-refractivity contribution in [3.63, 3.8) is 0 Å². The monoisotopic (exact) mass is 1510 g/mol. The summed E-state index contributed by atoms with van der Waals surface area (Å²) in [6, 6.07) is 4.18. The highest BCUT2D eigenvalue weighted by atomic mass is 32.3. The zero-order chi connectivity index (χ0) is 66.9. The first-order valence-corrected chi connectivity index (χ1v) is 44.9. The number of hydrogen-bond donors (Lipinski definition) is 7. The van der Waals surface area contributed by atoms with Gasteiger partial charge in [0, 0.05) is 61.0 Å².